The molecule has 0 aliphatic heterocycles. The molecule has 1 atom stereocenters. The summed E-state index contributed by atoms with van der Waals surface area (Å²) in [7, 11) is 0. The number of rotatable bonds is 7. The highest BCUT2D eigenvalue weighted by molar-refractivity contribution is 9.10. The van der Waals surface area contributed by atoms with E-state index in [1.54, 1.807) is 0 Å². The lowest BCUT2D eigenvalue weighted by Gasteiger charge is -2.15. The number of hydrogen-bond acceptors (Lipinski definition) is 1. The van der Waals surface area contributed by atoms with Crippen LogP contribution < -0.4 is 5.32 Å². The largest absolute Gasteiger partial charge is 0.350 e. The van der Waals surface area contributed by atoms with Crippen molar-refractivity contribution < 1.29 is 0 Å². The van der Waals surface area contributed by atoms with E-state index in [1.807, 2.05) is 0 Å². The van der Waals surface area contributed by atoms with Crippen molar-refractivity contribution in [2.75, 3.05) is 6.54 Å². The molecule has 0 saturated carbocycles. The summed E-state index contributed by atoms with van der Waals surface area (Å²) in [6.07, 6.45) is 6.73. The van der Waals surface area contributed by atoms with Crippen LogP contribution in [0.2, 0.25) is 0 Å². The Morgan fingerprint density at radius 1 is 1.20 bits per heavy atom. The molecule has 1 unspecified atom stereocenters. The fourth-order valence-corrected chi connectivity index (χ4v) is 2.81. The summed E-state index contributed by atoms with van der Waals surface area (Å²) >= 11 is 3.61. The van der Waals surface area contributed by atoms with Gasteiger partial charge in [-0.2, -0.15) is 0 Å². The van der Waals surface area contributed by atoms with Crippen LogP contribution in [0.5, 0.6) is 0 Å². The number of nitrogens with zero attached hydrogens (tertiary/aromatic N) is 1. The minimum atomic E-state index is 0.468. The van der Waals surface area contributed by atoms with E-state index < -0.39 is 0 Å². The van der Waals surface area contributed by atoms with Gasteiger partial charge in [0, 0.05) is 29.5 Å². The average Bonchev–Trinajstić information content (AvgIpc) is 2.91. The zero-order valence-corrected chi connectivity index (χ0v) is 13.9. The van der Waals surface area contributed by atoms with Gasteiger partial charge in [0.2, 0.25) is 0 Å². The van der Waals surface area contributed by atoms with E-state index >= 15 is 0 Å². The molecule has 2 rings (SSSR count). The first-order chi connectivity index (χ1) is 9.74. The summed E-state index contributed by atoms with van der Waals surface area (Å²) in [5, 5.41) is 3.60. The van der Waals surface area contributed by atoms with Crippen LogP contribution in [0.3, 0.4) is 0 Å². The molecular formula is C17H23BrN2. The van der Waals surface area contributed by atoms with Gasteiger partial charge in [0.25, 0.3) is 0 Å². The maximum absolute atomic E-state index is 3.61. The summed E-state index contributed by atoms with van der Waals surface area (Å²) in [4.78, 5) is 0. The predicted molar refractivity (Wildman–Crippen MR) is 89.0 cm³/mol. The molecule has 0 bridgehead atoms. The van der Waals surface area contributed by atoms with Crippen LogP contribution >= 0.6 is 15.9 Å². The van der Waals surface area contributed by atoms with Gasteiger partial charge in [-0.3, -0.25) is 0 Å². The van der Waals surface area contributed by atoms with Gasteiger partial charge in [-0.1, -0.05) is 48.0 Å². The maximum Gasteiger partial charge on any atom is 0.0481 e. The van der Waals surface area contributed by atoms with Crippen molar-refractivity contribution in [1.82, 2.24) is 9.88 Å². The fourth-order valence-electron chi connectivity index (χ4n) is 2.40. The van der Waals surface area contributed by atoms with Crippen molar-refractivity contribution in [2.24, 2.45) is 0 Å². The Balaban J connectivity index is 2.06. The number of halogens is 1. The Bertz CT molecular complexity index is 533. The predicted octanol–water partition coefficient (Wildman–Crippen LogP) is 4.75. The molecule has 20 heavy (non-hydrogen) atoms. The van der Waals surface area contributed by atoms with Crippen LogP contribution in [0.15, 0.2) is 47.2 Å². The molecule has 1 N–H and O–H groups in total. The first kappa shape index (κ1) is 15.3. The van der Waals surface area contributed by atoms with E-state index in [2.05, 4.69) is 82.4 Å². The van der Waals surface area contributed by atoms with Crippen LogP contribution in [-0.2, 0) is 6.54 Å². The van der Waals surface area contributed by atoms with Crippen LogP contribution in [-0.4, -0.2) is 11.1 Å². The third-order valence-corrected chi connectivity index (χ3v) is 4.31. The van der Waals surface area contributed by atoms with Gasteiger partial charge in [-0.05, 0) is 42.6 Å². The molecule has 0 fully saturated rings. The summed E-state index contributed by atoms with van der Waals surface area (Å²) in [6, 6.07) is 11.1. The zero-order chi connectivity index (χ0) is 14.4. The summed E-state index contributed by atoms with van der Waals surface area (Å²) in [6.45, 7) is 6.43. The summed E-state index contributed by atoms with van der Waals surface area (Å²) in [5.74, 6) is 0. The molecule has 0 spiro atoms. The molecule has 3 heteroatoms. The molecule has 1 aromatic heterocycles. The molecule has 2 nitrogen and oxygen atoms in total. The van der Waals surface area contributed by atoms with E-state index in [9.17, 15) is 0 Å². The Kier molecular flexibility index (Phi) is 5.86. The highest BCUT2D eigenvalue weighted by atomic mass is 79.9. The molecule has 108 valence electrons. The quantitative estimate of drug-likeness (QED) is 0.773. The Labute approximate surface area is 130 Å². The van der Waals surface area contributed by atoms with Gasteiger partial charge in [-0.25, -0.2) is 0 Å². The van der Waals surface area contributed by atoms with Gasteiger partial charge >= 0.3 is 0 Å². The number of hydrogen-bond donors (Lipinski definition) is 1. The van der Waals surface area contributed by atoms with E-state index in [0.717, 1.165) is 19.5 Å². The van der Waals surface area contributed by atoms with E-state index in [-0.39, 0.29) is 0 Å². The topological polar surface area (TPSA) is 17.0 Å². The van der Waals surface area contributed by atoms with Crippen LogP contribution in [0.4, 0.5) is 0 Å². The van der Waals surface area contributed by atoms with Crippen molar-refractivity contribution in [3.63, 3.8) is 0 Å². The molecular weight excluding hydrogens is 312 g/mol. The highest BCUT2D eigenvalue weighted by Crippen LogP contribution is 2.20. The van der Waals surface area contributed by atoms with Gasteiger partial charge in [-0.15, -0.1) is 0 Å². The Hall–Kier alpha value is -1.06. The second-order valence-corrected chi connectivity index (χ2v) is 5.98. The zero-order valence-electron chi connectivity index (χ0n) is 12.3. The lowest BCUT2D eigenvalue weighted by Crippen LogP contribution is -2.21. The maximum atomic E-state index is 3.61. The molecule has 1 heterocycles. The number of benzene rings is 1. The molecule has 0 radical (unpaired) electrons. The van der Waals surface area contributed by atoms with Crippen molar-refractivity contribution >= 4 is 15.9 Å². The van der Waals surface area contributed by atoms with E-state index in [0.29, 0.717) is 6.04 Å². The lowest BCUT2D eigenvalue weighted by atomic mass is 10.1. The summed E-state index contributed by atoms with van der Waals surface area (Å²) < 4.78 is 3.43. The fraction of sp³-hybridized carbons (Fsp3) is 0.412. The minimum absolute atomic E-state index is 0.468. The Morgan fingerprint density at radius 2 is 2.00 bits per heavy atom. The van der Waals surface area contributed by atoms with Gasteiger partial charge in [0.05, 0.1) is 0 Å². The van der Waals surface area contributed by atoms with Crippen molar-refractivity contribution in [3.05, 3.63) is 58.3 Å². The lowest BCUT2D eigenvalue weighted by molar-refractivity contribution is 0.517. The SMILES string of the molecule is CCCNC(CC)c1ccn(Cc2ccccc2Br)c1. The van der Waals surface area contributed by atoms with E-state index in [4.69, 9.17) is 0 Å². The second kappa shape index (κ2) is 7.65. The Morgan fingerprint density at radius 3 is 2.70 bits per heavy atom. The first-order valence-corrected chi connectivity index (χ1v) is 8.16. The van der Waals surface area contributed by atoms with Crippen LogP contribution in [0.1, 0.15) is 43.9 Å². The molecule has 2 aromatic rings. The normalized spacial score (nSPS) is 12.6. The third kappa shape index (κ3) is 3.97. The number of nitrogens with one attached hydrogen (secondary N) is 1. The van der Waals surface area contributed by atoms with E-state index in [1.165, 1.54) is 22.0 Å². The smallest absolute Gasteiger partial charge is 0.0481 e. The first-order valence-electron chi connectivity index (χ1n) is 7.37. The molecule has 0 aliphatic rings. The van der Waals surface area contributed by atoms with Crippen molar-refractivity contribution in [2.45, 2.75) is 39.3 Å². The van der Waals surface area contributed by atoms with Crippen molar-refractivity contribution in [3.8, 4) is 0 Å². The average molecular weight is 335 g/mol. The standard InChI is InChI=1S/C17H23BrN2/c1-3-10-19-17(4-2)15-9-11-20(13-15)12-14-7-5-6-8-16(14)18/h5-9,11,13,17,19H,3-4,10,12H2,1-2H3. The number of aromatic nitrogens is 1. The highest BCUT2D eigenvalue weighted by Gasteiger charge is 2.09. The molecule has 0 amide bonds. The van der Waals surface area contributed by atoms with Crippen molar-refractivity contribution in [1.29, 1.82) is 0 Å². The summed E-state index contributed by atoms with van der Waals surface area (Å²) in [5.41, 5.74) is 2.69. The molecule has 0 aliphatic carbocycles. The van der Waals surface area contributed by atoms with Gasteiger partial charge < -0.3 is 9.88 Å². The van der Waals surface area contributed by atoms with Crippen LogP contribution in [0, 0.1) is 0 Å². The van der Waals surface area contributed by atoms with Gasteiger partial charge in [0.1, 0.15) is 0 Å². The molecule has 0 saturated heterocycles. The van der Waals surface area contributed by atoms with Crippen LogP contribution in [0.25, 0.3) is 0 Å². The molecule has 1 aromatic carbocycles. The minimum Gasteiger partial charge on any atom is -0.350 e. The second-order valence-electron chi connectivity index (χ2n) is 5.12. The van der Waals surface area contributed by atoms with Gasteiger partial charge in [0.15, 0.2) is 0 Å². The third-order valence-electron chi connectivity index (χ3n) is 3.54. The monoisotopic (exact) mass is 334 g/mol.